The minimum absolute atomic E-state index is 0.106. The van der Waals surface area contributed by atoms with Gasteiger partial charge >= 0.3 is 0 Å². The summed E-state index contributed by atoms with van der Waals surface area (Å²) in [6.45, 7) is 3.93. The number of hydrogen-bond donors (Lipinski definition) is 0. The topological polar surface area (TPSA) is 47.9 Å². The second-order valence-electron chi connectivity index (χ2n) is 5.32. The van der Waals surface area contributed by atoms with Crippen LogP contribution in [-0.4, -0.2) is 21.1 Å². The molecule has 0 aliphatic rings. The molecule has 0 bridgehead atoms. The van der Waals surface area contributed by atoms with Crippen LogP contribution in [0.15, 0.2) is 54.9 Å². The number of rotatable bonds is 4. The predicted octanol–water partition coefficient (Wildman–Crippen LogP) is 4.13. The Bertz CT molecular complexity index is 789. The molecule has 1 aromatic carbocycles. The lowest BCUT2D eigenvalue weighted by atomic mass is 10.1. The Morgan fingerprint density at radius 3 is 2.26 bits per heavy atom. The fraction of sp³-hybridized carbons (Fsp3) is 0.167. The van der Waals surface area contributed by atoms with Gasteiger partial charge in [0.25, 0.3) is 0 Å². The number of nitrogens with zero attached hydrogens (tertiary/aromatic N) is 3. The summed E-state index contributed by atoms with van der Waals surface area (Å²) in [4.78, 5) is 12.7. The van der Waals surface area contributed by atoms with Gasteiger partial charge in [-0.1, -0.05) is 0 Å². The average Bonchev–Trinajstić information content (AvgIpc) is 2.55. The standard InChI is InChI=1S/C18H16FN3O/c1-12(2)23-15-6-4-13(5-7-15)16-10-14(19)11-17(22-16)18-20-8-3-9-21-18/h3-12H,1-2H3. The highest BCUT2D eigenvalue weighted by molar-refractivity contribution is 5.63. The smallest absolute Gasteiger partial charge is 0.178 e. The molecular formula is C18H16FN3O. The Balaban J connectivity index is 1.95. The third kappa shape index (κ3) is 3.69. The summed E-state index contributed by atoms with van der Waals surface area (Å²) in [6, 6.07) is 11.8. The van der Waals surface area contributed by atoms with Crippen LogP contribution in [0.2, 0.25) is 0 Å². The van der Waals surface area contributed by atoms with E-state index in [0.29, 0.717) is 17.2 Å². The highest BCUT2D eigenvalue weighted by atomic mass is 19.1. The molecule has 0 fully saturated rings. The van der Waals surface area contributed by atoms with Crippen molar-refractivity contribution in [3.8, 4) is 28.5 Å². The minimum Gasteiger partial charge on any atom is -0.491 e. The van der Waals surface area contributed by atoms with Crippen molar-refractivity contribution in [2.75, 3.05) is 0 Å². The van der Waals surface area contributed by atoms with E-state index in [4.69, 9.17) is 4.74 Å². The maximum absolute atomic E-state index is 13.9. The highest BCUT2D eigenvalue weighted by Gasteiger charge is 2.09. The molecule has 2 heterocycles. The Morgan fingerprint density at radius 2 is 1.61 bits per heavy atom. The maximum atomic E-state index is 13.9. The van der Waals surface area contributed by atoms with E-state index in [1.165, 1.54) is 12.1 Å². The minimum atomic E-state index is -0.375. The van der Waals surface area contributed by atoms with Crippen molar-refractivity contribution in [2.24, 2.45) is 0 Å². The van der Waals surface area contributed by atoms with Gasteiger partial charge < -0.3 is 4.74 Å². The van der Waals surface area contributed by atoms with Gasteiger partial charge in [-0.3, -0.25) is 0 Å². The lowest BCUT2D eigenvalue weighted by molar-refractivity contribution is 0.242. The zero-order chi connectivity index (χ0) is 16.2. The van der Waals surface area contributed by atoms with Gasteiger partial charge in [0.2, 0.25) is 0 Å². The van der Waals surface area contributed by atoms with E-state index >= 15 is 0 Å². The highest BCUT2D eigenvalue weighted by Crippen LogP contribution is 2.24. The first-order chi connectivity index (χ1) is 11.1. The number of halogens is 1. The Labute approximate surface area is 134 Å². The van der Waals surface area contributed by atoms with Gasteiger partial charge in [-0.2, -0.15) is 0 Å². The predicted molar refractivity (Wildman–Crippen MR) is 86.4 cm³/mol. The van der Waals surface area contributed by atoms with Crippen molar-refractivity contribution in [1.82, 2.24) is 15.0 Å². The van der Waals surface area contributed by atoms with Gasteiger partial charge in [0.1, 0.15) is 17.3 Å². The first kappa shape index (κ1) is 15.1. The van der Waals surface area contributed by atoms with Crippen LogP contribution in [0, 0.1) is 5.82 Å². The summed E-state index contributed by atoms with van der Waals surface area (Å²) in [5.74, 6) is 0.791. The summed E-state index contributed by atoms with van der Waals surface area (Å²) in [5, 5.41) is 0. The van der Waals surface area contributed by atoms with Crippen LogP contribution in [-0.2, 0) is 0 Å². The molecule has 0 saturated carbocycles. The average molecular weight is 309 g/mol. The van der Waals surface area contributed by atoms with Gasteiger partial charge in [-0.15, -0.1) is 0 Å². The van der Waals surface area contributed by atoms with Crippen LogP contribution in [0.3, 0.4) is 0 Å². The maximum Gasteiger partial charge on any atom is 0.178 e. The van der Waals surface area contributed by atoms with Crippen LogP contribution in [0.25, 0.3) is 22.8 Å². The monoisotopic (exact) mass is 309 g/mol. The largest absolute Gasteiger partial charge is 0.491 e. The number of hydrogen-bond acceptors (Lipinski definition) is 4. The molecule has 0 atom stereocenters. The number of pyridine rings is 1. The van der Waals surface area contributed by atoms with Crippen LogP contribution in [0.4, 0.5) is 4.39 Å². The molecule has 3 aromatic rings. The zero-order valence-corrected chi connectivity index (χ0v) is 12.9. The van der Waals surface area contributed by atoms with E-state index in [2.05, 4.69) is 15.0 Å². The van der Waals surface area contributed by atoms with Crippen LogP contribution in [0.1, 0.15) is 13.8 Å². The summed E-state index contributed by atoms with van der Waals surface area (Å²) < 4.78 is 19.5. The van der Waals surface area contributed by atoms with E-state index in [9.17, 15) is 4.39 Å². The Morgan fingerprint density at radius 1 is 0.957 bits per heavy atom. The van der Waals surface area contributed by atoms with E-state index in [-0.39, 0.29) is 11.9 Å². The van der Waals surface area contributed by atoms with Crippen LogP contribution < -0.4 is 4.74 Å². The van der Waals surface area contributed by atoms with Crippen molar-refractivity contribution in [1.29, 1.82) is 0 Å². The van der Waals surface area contributed by atoms with Crippen LogP contribution >= 0.6 is 0 Å². The van der Waals surface area contributed by atoms with E-state index in [1.807, 2.05) is 38.1 Å². The molecule has 4 nitrogen and oxygen atoms in total. The molecule has 0 saturated heterocycles. The van der Waals surface area contributed by atoms with Crippen molar-refractivity contribution in [3.05, 3.63) is 60.7 Å². The molecule has 0 N–H and O–H groups in total. The lowest BCUT2D eigenvalue weighted by Crippen LogP contribution is -2.05. The molecular weight excluding hydrogens is 293 g/mol. The van der Waals surface area contributed by atoms with Crippen molar-refractivity contribution < 1.29 is 9.13 Å². The first-order valence-corrected chi connectivity index (χ1v) is 7.34. The third-order valence-electron chi connectivity index (χ3n) is 3.11. The molecule has 0 unspecified atom stereocenters. The third-order valence-corrected chi connectivity index (χ3v) is 3.11. The summed E-state index contributed by atoms with van der Waals surface area (Å²) >= 11 is 0. The fourth-order valence-electron chi connectivity index (χ4n) is 2.17. The molecule has 116 valence electrons. The summed E-state index contributed by atoms with van der Waals surface area (Å²) in [6.07, 6.45) is 3.31. The van der Waals surface area contributed by atoms with Crippen molar-refractivity contribution in [2.45, 2.75) is 20.0 Å². The molecule has 3 rings (SSSR count). The second kappa shape index (κ2) is 6.52. The van der Waals surface area contributed by atoms with Gasteiger partial charge in [0.05, 0.1) is 11.8 Å². The molecule has 0 aliphatic heterocycles. The first-order valence-electron chi connectivity index (χ1n) is 7.34. The number of ether oxygens (including phenoxy) is 1. The zero-order valence-electron chi connectivity index (χ0n) is 12.9. The number of aromatic nitrogens is 3. The van der Waals surface area contributed by atoms with Crippen molar-refractivity contribution in [3.63, 3.8) is 0 Å². The van der Waals surface area contributed by atoms with Gasteiger partial charge in [0, 0.05) is 30.1 Å². The van der Waals surface area contributed by atoms with Gasteiger partial charge in [-0.25, -0.2) is 19.3 Å². The number of benzene rings is 1. The normalized spacial score (nSPS) is 10.8. The SMILES string of the molecule is CC(C)Oc1ccc(-c2cc(F)cc(-c3ncccn3)n2)cc1. The van der Waals surface area contributed by atoms with Gasteiger partial charge in [0.15, 0.2) is 5.82 Å². The molecule has 2 aromatic heterocycles. The molecule has 0 radical (unpaired) electrons. The molecule has 0 amide bonds. The fourth-order valence-corrected chi connectivity index (χ4v) is 2.17. The Kier molecular flexibility index (Phi) is 4.28. The summed E-state index contributed by atoms with van der Waals surface area (Å²) in [5.41, 5.74) is 1.74. The van der Waals surface area contributed by atoms with E-state index < -0.39 is 0 Å². The molecule has 23 heavy (non-hydrogen) atoms. The second-order valence-corrected chi connectivity index (χ2v) is 5.32. The quantitative estimate of drug-likeness (QED) is 0.727. The Hall–Kier alpha value is -2.82. The van der Waals surface area contributed by atoms with Gasteiger partial charge in [-0.05, 0) is 44.2 Å². The van der Waals surface area contributed by atoms with E-state index in [1.54, 1.807) is 18.5 Å². The lowest BCUT2D eigenvalue weighted by Gasteiger charge is -2.10. The van der Waals surface area contributed by atoms with E-state index in [0.717, 1.165) is 11.3 Å². The molecule has 0 aliphatic carbocycles. The molecule has 0 spiro atoms. The van der Waals surface area contributed by atoms with Crippen LogP contribution in [0.5, 0.6) is 5.75 Å². The summed E-state index contributed by atoms with van der Waals surface area (Å²) in [7, 11) is 0. The van der Waals surface area contributed by atoms with Crippen molar-refractivity contribution >= 4 is 0 Å². The molecule has 5 heteroatoms.